The number of carbonyl (C=O) groups excluding carboxylic acids is 1. The smallest absolute Gasteiger partial charge is 0.319 e. The average molecular weight is 289 g/mol. The first-order valence-electron chi connectivity index (χ1n) is 7.95. The molecule has 2 rings (SSSR count). The van der Waals surface area contributed by atoms with Crippen LogP contribution in [0.4, 0.5) is 10.5 Å². The molecule has 21 heavy (non-hydrogen) atoms. The molecule has 0 bridgehead atoms. The Hall–Kier alpha value is -1.55. The number of carbonyl (C=O) groups is 1. The monoisotopic (exact) mass is 289 g/mol. The van der Waals surface area contributed by atoms with Crippen LogP contribution in [0, 0.1) is 11.8 Å². The standard InChI is InChI=1S/C17H27N3O/c1-12-5-3-6-14(9-12)11-19-17(21)20-16-8-4-7-15(10-16)13(2)18/h4,7-8,10,12-14H,3,5-6,9,11,18H2,1-2H3,(H2,19,20,21). The maximum Gasteiger partial charge on any atom is 0.319 e. The van der Waals surface area contributed by atoms with E-state index in [1.807, 2.05) is 31.2 Å². The van der Waals surface area contributed by atoms with Crippen LogP contribution in [0.5, 0.6) is 0 Å². The summed E-state index contributed by atoms with van der Waals surface area (Å²) in [5, 5.41) is 5.87. The third-order valence-electron chi connectivity index (χ3n) is 4.27. The van der Waals surface area contributed by atoms with Crippen molar-refractivity contribution in [3.63, 3.8) is 0 Å². The first-order valence-corrected chi connectivity index (χ1v) is 7.95. The summed E-state index contributed by atoms with van der Waals surface area (Å²) >= 11 is 0. The molecule has 1 aromatic rings. The molecule has 4 N–H and O–H groups in total. The van der Waals surface area contributed by atoms with Gasteiger partial charge in [-0.15, -0.1) is 0 Å². The lowest BCUT2D eigenvalue weighted by Gasteiger charge is -2.26. The Morgan fingerprint density at radius 3 is 2.95 bits per heavy atom. The summed E-state index contributed by atoms with van der Waals surface area (Å²) < 4.78 is 0. The SMILES string of the molecule is CC1CCCC(CNC(=O)Nc2cccc(C(C)N)c2)C1. The van der Waals surface area contributed by atoms with E-state index >= 15 is 0 Å². The molecule has 0 aliphatic heterocycles. The number of urea groups is 1. The van der Waals surface area contributed by atoms with Crippen LogP contribution in [0.3, 0.4) is 0 Å². The first kappa shape index (κ1) is 15.8. The van der Waals surface area contributed by atoms with Crippen molar-refractivity contribution >= 4 is 11.7 Å². The van der Waals surface area contributed by atoms with E-state index < -0.39 is 0 Å². The Balaban J connectivity index is 1.80. The highest BCUT2D eigenvalue weighted by atomic mass is 16.2. The molecule has 1 aromatic carbocycles. The van der Waals surface area contributed by atoms with Crippen LogP contribution in [0.2, 0.25) is 0 Å². The van der Waals surface area contributed by atoms with E-state index in [9.17, 15) is 4.79 Å². The molecule has 0 saturated heterocycles. The zero-order valence-electron chi connectivity index (χ0n) is 13.1. The highest BCUT2D eigenvalue weighted by Crippen LogP contribution is 2.27. The summed E-state index contributed by atoms with van der Waals surface area (Å²) in [6, 6.07) is 7.53. The minimum Gasteiger partial charge on any atom is -0.338 e. The van der Waals surface area contributed by atoms with Crippen molar-refractivity contribution in [3.8, 4) is 0 Å². The van der Waals surface area contributed by atoms with Gasteiger partial charge in [0.05, 0.1) is 0 Å². The van der Waals surface area contributed by atoms with Crippen LogP contribution in [-0.4, -0.2) is 12.6 Å². The van der Waals surface area contributed by atoms with Crippen LogP contribution in [0.1, 0.15) is 51.1 Å². The lowest BCUT2D eigenvalue weighted by Crippen LogP contribution is -2.34. The molecule has 116 valence electrons. The molecule has 3 unspecified atom stereocenters. The fraction of sp³-hybridized carbons (Fsp3) is 0.588. The van der Waals surface area contributed by atoms with Gasteiger partial charge in [0, 0.05) is 18.3 Å². The molecule has 1 saturated carbocycles. The number of nitrogens with one attached hydrogen (secondary N) is 2. The van der Waals surface area contributed by atoms with Gasteiger partial charge in [0.2, 0.25) is 0 Å². The molecule has 2 amide bonds. The minimum absolute atomic E-state index is 0.0291. The van der Waals surface area contributed by atoms with Crippen molar-refractivity contribution in [3.05, 3.63) is 29.8 Å². The third kappa shape index (κ3) is 5.05. The molecular formula is C17H27N3O. The van der Waals surface area contributed by atoms with Crippen LogP contribution in [-0.2, 0) is 0 Å². The lowest BCUT2D eigenvalue weighted by molar-refractivity contribution is 0.241. The minimum atomic E-state index is -0.130. The summed E-state index contributed by atoms with van der Waals surface area (Å²) in [5.74, 6) is 1.41. The van der Waals surface area contributed by atoms with Gasteiger partial charge in [0.25, 0.3) is 0 Å². The van der Waals surface area contributed by atoms with Gasteiger partial charge in [-0.05, 0) is 49.3 Å². The Kier molecular flexibility index (Phi) is 5.62. The van der Waals surface area contributed by atoms with Gasteiger partial charge >= 0.3 is 6.03 Å². The van der Waals surface area contributed by atoms with Crippen molar-refractivity contribution < 1.29 is 4.79 Å². The fourth-order valence-corrected chi connectivity index (χ4v) is 3.06. The first-order chi connectivity index (χ1) is 10.0. The van der Waals surface area contributed by atoms with E-state index in [2.05, 4.69) is 17.6 Å². The van der Waals surface area contributed by atoms with Gasteiger partial charge < -0.3 is 16.4 Å². The van der Waals surface area contributed by atoms with Crippen molar-refractivity contribution in [2.45, 2.75) is 45.6 Å². The quantitative estimate of drug-likeness (QED) is 0.792. The second-order valence-electron chi connectivity index (χ2n) is 6.39. The third-order valence-corrected chi connectivity index (χ3v) is 4.27. The van der Waals surface area contributed by atoms with E-state index in [1.165, 1.54) is 25.7 Å². The van der Waals surface area contributed by atoms with E-state index in [0.717, 1.165) is 23.7 Å². The van der Waals surface area contributed by atoms with Gasteiger partial charge in [-0.1, -0.05) is 31.9 Å². The number of hydrogen-bond acceptors (Lipinski definition) is 2. The Morgan fingerprint density at radius 2 is 2.24 bits per heavy atom. The number of nitrogens with two attached hydrogens (primary N) is 1. The topological polar surface area (TPSA) is 67.2 Å². The maximum absolute atomic E-state index is 12.0. The number of rotatable bonds is 4. The Morgan fingerprint density at radius 1 is 1.43 bits per heavy atom. The predicted octanol–water partition coefficient (Wildman–Crippen LogP) is 3.65. The summed E-state index contributed by atoms with van der Waals surface area (Å²) in [5.41, 5.74) is 7.67. The largest absolute Gasteiger partial charge is 0.338 e. The number of hydrogen-bond donors (Lipinski definition) is 3. The van der Waals surface area contributed by atoms with Gasteiger partial charge in [0.1, 0.15) is 0 Å². The molecule has 0 heterocycles. The van der Waals surface area contributed by atoms with Crippen LogP contribution < -0.4 is 16.4 Å². The lowest BCUT2D eigenvalue weighted by atomic mass is 9.82. The molecule has 0 radical (unpaired) electrons. The van der Waals surface area contributed by atoms with Gasteiger partial charge in [0.15, 0.2) is 0 Å². The normalized spacial score (nSPS) is 23.4. The predicted molar refractivity (Wildman–Crippen MR) is 87.2 cm³/mol. The van der Waals surface area contributed by atoms with Crippen molar-refractivity contribution in [1.29, 1.82) is 0 Å². The molecule has 4 nitrogen and oxygen atoms in total. The molecule has 3 atom stereocenters. The highest BCUT2D eigenvalue weighted by molar-refractivity contribution is 5.89. The van der Waals surface area contributed by atoms with Crippen LogP contribution in [0.15, 0.2) is 24.3 Å². The van der Waals surface area contributed by atoms with E-state index in [4.69, 9.17) is 5.73 Å². The molecular weight excluding hydrogens is 262 g/mol. The highest BCUT2D eigenvalue weighted by Gasteiger charge is 2.19. The maximum atomic E-state index is 12.0. The molecule has 1 aliphatic carbocycles. The second-order valence-corrected chi connectivity index (χ2v) is 6.39. The Bertz CT molecular complexity index is 473. The van der Waals surface area contributed by atoms with E-state index in [0.29, 0.717) is 5.92 Å². The van der Waals surface area contributed by atoms with Gasteiger partial charge in [-0.3, -0.25) is 0 Å². The zero-order valence-corrected chi connectivity index (χ0v) is 13.1. The van der Waals surface area contributed by atoms with Crippen molar-refractivity contribution in [1.82, 2.24) is 5.32 Å². The molecule has 1 aliphatic rings. The summed E-state index contributed by atoms with van der Waals surface area (Å²) in [7, 11) is 0. The number of benzene rings is 1. The van der Waals surface area contributed by atoms with Crippen LogP contribution in [0.25, 0.3) is 0 Å². The molecule has 1 fully saturated rings. The van der Waals surface area contributed by atoms with Crippen molar-refractivity contribution in [2.75, 3.05) is 11.9 Å². The summed E-state index contributed by atoms with van der Waals surface area (Å²) in [4.78, 5) is 12.0. The van der Waals surface area contributed by atoms with E-state index in [-0.39, 0.29) is 12.1 Å². The van der Waals surface area contributed by atoms with Crippen LogP contribution >= 0.6 is 0 Å². The molecule has 0 spiro atoms. The average Bonchev–Trinajstić information content (AvgIpc) is 2.45. The number of anilines is 1. The van der Waals surface area contributed by atoms with Gasteiger partial charge in [-0.25, -0.2) is 4.79 Å². The summed E-state index contributed by atoms with van der Waals surface area (Å²) in [6.45, 7) is 5.00. The second kappa shape index (κ2) is 7.46. The van der Waals surface area contributed by atoms with Crippen molar-refractivity contribution in [2.24, 2.45) is 17.6 Å². The van der Waals surface area contributed by atoms with Gasteiger partial charge in [-0.2, -0.15) is 0 Å². The fourth-order valence-electron chi connectivity index (χ4n) is 3.06. The molecule has 4 heteroatoms. The zero-order chi connectivity index (χ0) is 15.2. The van der Waals surface area contributed by atoms with E-state index in [1.54, 1.807) is 0 Å². The molecule has 0 aromatic heterocycles. The Labute approximate surface area is 127 Å². The summed E-state index contributed by atoms with van der Waals surface area (Å²) in [6.07, 6.45) is 5.06. The number of amides is 2.